The first-order valence-electron chi connectivity index (χ1n) is 8.01. The Morgan fingerprint density at radius 2 is 1.46 bits per heavy atom. The Morgan fingerprint density at radius 3 is 1.96 bits per heavy atom. The van der Waals surface area contributed by atoms with Crippen molar-refractivity contribution in [3.05, 3.63) is 34.0 Å². The third-order valence-corrected chi connectivity index (χ3v) is 9.05. The van der Waals surface area contributed by atoms with Crippen molar-refractivity contribution in [2.24, 2.45) is 0 Å². The van der Waals surface area contributed by atoms with E-state index in [2.05, 4.69) is 4.18 Å². The number of sulfonamides is 2. The summed E-state index contributed by atoms with van der Waals surface area (Å²) in [7, 11) is -16.9. The molecule has 14 heteroatoms. The van der Waals surface area contributed by atoms with Gasteiger partial charge in [0.15, 0.2) is 15.1 Å². The number of benzene rings is 1. The minimum atomic E-state index is -6.40. The fraction of sp³-hybridized carbons (Fsp3) is 0.571. The number of nitrogens with zero attached hydrogens (tertiary/aromatic N) is 1. The number of alkyl halides is 3. The molecule has 0 saturated heterocycles. The summed E-state index contributed by atoms with van der Waals surface area (Å²) in [6.45, 7) is 0. The first-order chi connectivity index (χ1) is 12.7. The zero-order valence-corrected chi connectivity index (χ0v) is 16.7. The molecular weight excluding hydrogens is 447 g/mol. The van der Waals surface area contributed by atoms with Crippen LogP contribution >= 0.6 is 0 Å². The van der Waals surface area contributed by atoms with Crippen molar-refractivity contribution in [3.8, 4) is 5.75 Å². The first-order valence-corrected chi connectivity index (χ1v) is 12.6. The van der Waals surface area contributed by atoms with Crippen LogP contribution in [-0.4, -0.2) is 35.8 Å². The van der Waals surface area contributed by atoms with Gasteiger partial charge < -0.3 is 8.31 Å². The third-order valence-electron chi connectivity index (χ3n) is 3.98. The molecule has 0 N–H and O–H groups in total. The van der Waals surface area contributed by atoms with Crippen molar-refractivity contribution in [2.75, 3.05) is 5.08 Å². The second-order valence-electron chi connectivity index (χ2n) is 6.24. The van der Waals surface area contributed by atoms with Crippen LogP contribution in [0.25, 0.3) is 4.13 Å². The van der Waals surface area contributed by atoms with Crippen LogP contribution in [0.3, 0.4) is 0 Å². The van der Waals surface area contributed by atoms with Crippen molar-refractivity contribution in [1.29, 1.82) is 0 Å². The van der Waals surface area contributed by atoms with Crippen LogP contribution in [0.2, 0.25) is 0 Å². The molecule has 1 aliphatic carbocycles. The SMILES string of the molecule is O=S(=O)(CS(=O)(=O)Oc1ccc(C2CCCCC2)cc1)[N-]S(=O)(=O)C(F)(F)F. The van der Waals surface area contributed by atoms with Gasteiger partial charge in [0.05, 0.1) is 0 Å². The average Bonchev–Trinajstić information content (AvgIpc) is 2.52. The van der Waals surface area contributed by atoms with E-state index in [0.717, 1.165) is 37.7 Å². The van der Waals surface area contributed by atoms with Crippen LogP contribution in [-0.2, 0) is 30.2 Å². The van der Waals surface area contributed by atoms with Crippen LogP contribution in [0.5, 0.6) is 5.75 Å². The zero-order valence-electron chi connectivity index (χ0n) is 14.3. The Labute approximate surface area is 161 Å². The smallest absolute Gasteiger partial charge is 0.427 e. The maximum Gasteiger partial charge on any atom is 0.480 e. The van der Waals surface area contributed by atoms with E-state index in [1.54, 1.807) is 16.3 Å². The topological polar surface area (TPSA) is 126 Å². The van der Waals surface area contributed by atoms with E-state index in [-0.39, 0.29) is 5.75 Å². The van der Waals surface area contributed by atoms with E-state index < -0.39 is 40.8 Å². The van der Waals surface area contributed by atoms with E-state index in [4.69, 9.17) is 0 Å². The zero-order chi connectivity index (χ0) is 21.2. The molecule has 1 saturated carbocycles. The molecule has 0 aromatic heterocycles. The molecule has 0 heterocycles. The highest BCUT2D eigenvalue weighted by Crippen LogP contribution is 2.34. The molecule has 0 aliphatic heterocycles. The van der Waals surface area contributed by atoms with Gasteiger partial charge in [-0.2, -0.15) is 21.6 Å². The summed E-state index contributed by atoms with van der Waals surface area (Å²) >= 11 is 0. The van der Waals surface area contributed by atoms with Gasteiger partial charge in [-0.15, -0.1) is 0 Å². The molecule has 0 atom stereocenters. The average molecular weight is 464 g/mol. The number of halogens is 3. The lowest BCUT2D eigenvalue weighted by atomic mass is 9.84. The molecule has 8 nitrogen and oxygen atoms in total. The Morgan fingerprint density at radius 1 is 0.929 bits per heavy atom. The normalized spacial score (nSPS) is 17.4. The summed E-state index contributed by atoms with van der Waals surface area (Å²) in [5.41, 5.74) is -5.01. The van der Waals surface area contributed by atoms with Crippen molar-refractivity contribution < 1.29 is 42.6 Å². The molecular formula is C14H17F3NO7S3-. The lowest BCUT2D eigenvalue weighted by molar-refractivity contribution is -0.0425. The van der Waals surface area contributed by atoms with Gasteiger partial charge in [-0.05, 0) is 36.5 Å². The molecule has 160 valence electrons. The van der Waals surface area contributed by atoms with Crippen molar-refractivity contribution >= 4 is 30.2 Å². The fourth-order valence-electron chi connectivity index (χ4n) is 2.80. The molecule has 0 bridgehead atoms. The van der Waals surface area contributed by atoms with E-state index in [1.807, 2.05) is 0 Å². The largest absolute Gasteiger partial charge is 0.480 e. The standard InChI is InChI=1S/C14H17F3NO7S3/c15-14(16,17)28(23,24)18-26(19,20)10-27(21,22)25-13-8-6-12(7-9-13)11-4-2-1-3-5-11/h6-9,11H,1-5,10H2/q-1. The third kappa shape index (κ3) is 6.32. The van der Waals surface area contributed by atoms with Crippen molar-refractivity contribution in [1.82, 2.24) is 0 Å². The van der Waals surface area contributed by atoms with Crippen LogP contribution in [0.4, 0.5) is 13.2 Å². The minimum Gasteiger partial charge on any atom is -0.427 e. The summed E-state index contributed by atoms with van der Waals surface area (Å²) < 4.78 is 111. The molecule has 0 amide bonds. The van der Waals surface area contributed by atoms with Gasteiger partial charge in [0.25, 0.3) is 0 Å². The molecule has 1 aromatic carbocycles. The van der Waals surface area contributed by atoms with E-state index >= 15 is 0 Å². The highest BCUT2D eigenvalue weighted by Gasteiger charge is 2.41. The van der Waals surface area contributed by atoms with Crippen LogP contribution in [0.1, 0.15) is 43.6 Å². The van der Waals surface area contributed by atoms with Gasteiger partial charge in [-0.1, -0.05) is 31.4 Å². The molecule has 2 rings (SSSR count). The molecule has 0 unspecified atom stereocenters. The van der Waals surface area contributed by atoms with Gasteiger partial charge in [0.2, 0.25) is 0 Å². The molecule has 1 aliphatic rings. The Balaban J connectivity index is 2.06. The second-order valence-corrected chi connectivity index (χ2v) is 11.6. The van der Waals surface area contributed by atoms with Gasteiger partial charge in [-0.25, -0.2) is 16.8 Å². The summed E-state index contributed by atoms with van der Waals surface area (Å²) in [6.07, 6.45) is 5.30. The van der Waals surface area contributed by atoms with Crippen LogP contribution in [0, 0.1) is 0 Å². The lowest BCUT2D eigenvalue weighted by Crippen LogP contribution is -2.27. The van der Waals surface area contributed by atoms with E-state index in [1.165, 1.54) is 12.1 Å². The second kappa shape index (κ2) is 8.16. The molecule has 0 spiro atoms. The molecule has 28 heavy (non-hydrogen) atoms. The van der Waals surface area contributed by atoms with E-state index in [0.29, 0.717) is 5.92 Å². The number of hydrogen-bond acceptors (Lipinski definition) is 7. The van der Waals surface area contributed by atoms with Gasteiger partial charge >= 0.3 is 15.6 Å². The predicted octanol–water partition coefficient (Wildman–Crippen LogP) is 2.95. The molecule has 1 aromatic rings. The lowest BCUT2D eigenvalue weighted by Gasteiger charge is -2.22. The Hall–Kier alpha value is -1.38. The van der Waals surface area contributed by atoms with Gasteiger partial charge in [0, 0.05) is 0 Å². The number of hydrogen-bond donors (Lipinski definition) is 0. The first kappa shape index (κ1) is 22.9. The Bertz CT molecular complexity index is 995. The van der Waals surface area contributed by atoms with Crippen LogP contribution < -0.4 is 4.18 Å². The Kier molecular flexibility index (Phi) is 6.68. The highest BCUT2D eigenvalue weighted by molar-refractivity contribution is 8.17. The summed E-state index contributed by atoms with van der Waals surface area (Å²) in [6, 6.07) is 5.82. The van der Waals surface area contributed by atoms with Gasteiger partial charge in [0.1, 0.15) is 15.8 Å². The summed E-state index contributed by atoms with van der Waals surface area (Å²) in [4.78, 5) is 0. The highest BCUT2D eigenvalue weighted by atomic mass is 32.3. The summed E-state index contributed by atoms with van der Waals surface area (Å²) in [5, 5.41) is -2.06. The minimum absolute atomic E-state index is 0.256. The molecule has 1 fully saturated rings. The fourth-order valence-corrected chi connectivity index (χ4v) is 6.95. The van der Waals surface area contributed by atoms with E-state index in [9.17, 15) is 38.4 Å². The maximum atomic E-state index is 12.2. The monoisotopic (exact) mass is 464 g/mol. The van der Waals surface area contributed by atoms with Gasteiger partial charge in [-0.3, -0.25) is 0 Å². The predicted molar refractivity (Wildman–Crippen MR) is 93.9 cm³/mol. The molecule has 0 radical (unpaired) electrons. The number of rotatable bonds is 7. The van der Waals surface area contributed by atoms with Crippen molar-refractivity contribution in [2.45, 2.75) is 43.5 Å². The summed E-state index contributed by atoms with van der Waals surface area (Å²) in [5.74, 6) is 0.0691. The maximum absolute atomic E-state index is 12.2. The van der Waals surface area contributed by atoms with Crippen molar-refractivity contribution in [3.63, 3.8) is 0 Å². The quantitative estimate of drug-likeness (QED) is 0.568. The van der Waals surface area contributed by atoms with Crippen LogP contribution in [0.15, 0.2) is 24.3 Å².